The monoisotopic (exact) mass is 431 g/mol. The molecule has 3 amide bonds. The number of hydrogen-bond acceptors (Lipinski definition) is 3. The summed E-state index contributed by atoms with van der Waals surface area (Å²) >= 11 is 6.11. The molecule has 2 saturated heterocycles. The van der Waals surface area contributed by atoms with Gasteiger partial charge in [0, 0.05) is 29.7 Å². The van der Waals surface area contributed by atoms with Crippen molar-refractivity contribution in [3.05, 3.63) is 34.9 Å². The van der Waals surface area contributed by atoms with Crippen LogP contribution in [-0.4, -0.2) is 58.7 Å². The second-order valence-corrected chi connectivity index (χ2v) is 9.29. The molecule has 0 spiro atoms. The molecule has 2 heterocycles. The Morgan fingerprint density at radius 3 is 2.57 bits per heavy atom. The molecule has 1 aromatic rings. The molecule has 0 bridgehead atoms. The van der Waals surface area contributed by atoms with Crippen molar-refractivity contribution in [3.8, 4) is 0 Å². The zero-order chi connectivity index (χ0) is 21.3. The van der Waals surface area contributed by atoms with Crippen LogP contribution in [0.3, 0.4) is 0 Å². The third kappa shape index (κ3) is 4.20. The van der Waals surface area contributed by atoms with Crippen LogP contribution in [0.2, 0.25) is 5.02 Å². The molecule has 1 saturated carbocycles. The number of halogens is 1. The lowest BCUT2D eigenvalue weighted by Gasteiger charge is -2.34. The van der Waals surface area contributed by atoms with Gasteiger partial charge >= 0.3 is 0 Å². The van der Waals surface area contributed by atoms with E-state index in [4.69, 9.17) is 11.6 Å². The van der Waals surface area contributed by atoms with Gasteiger partial charge in [-0.3, -0.25) is 14.4 Å². The maximum atomic E-state index is 13.4. The topological polar surface area (TPSA) is 69.7 Å². The highest BCUT2D eigenvalue weighted by atomic mass is 35.5. The molecule has 4 rings (SSSR count). The molecular weight excluding hydrogens is 402 g/mol. The van der Waals surface area contributed by atoms with E-state index in [2.05, 4.69) is 5.32 Å². The zero-order valence-electron chi connectivity index (χ0n) is 17.5. The van der Waals surface area contributed by atoms with Crippen LogP contribution in [0, 0.1) is 5.92 Å². The fourth-order valence-corrected chi connectivity index (χ4v) is 5.53. The Hall–Kier alpha value is -2.08. The highest BCUT2D eigenvalue weighted by Gasteiger charge is 2.48. The van der Waals surface area contributed by atoms with Gasteiger partial charge in [0.15, 0.2) is 0 Å². The molecule has 2 aliphatic heterocycles. The van der Waals surface area contributed by atoms with Crippen molar-refractivity contribution in [2.45, 2.75) is 70.0 Å². The lowest BCUT2D eigenvalue weighted by atomic mass is 9.84. The molecule has 3 fully saturated rings. The number of nitrogens with one attached hydrogen (secondary N) is 1. The minimum atomic E-state index is -0.582. The van der Waals surface area contributed by atoms with E-state index in [1.54, 1.807) is 36.1 Å². The van der Waals surface area contributed by atoms with E-state index in [0.717, 1.165) is 51.6 Å². The van der Waals surface area contributed by atoms with Crippen LogP contribution in [0.15, 0.2) is 24.3 Å². The first-order chi connectivity index (χ1) is 14.5. The number of likely N-dealkylation sites (tertiary alicyclic amines) is 2. The molecule has 0 aromatic heterocycles. The molecule has 1 aromatic carbocycles. The van der Waals surface area contributed by atoms with E-state index in [1.165, 1.54) is 0 Å². The van der Waals surface area contributed by atoms with Crippen LogP contribution < -0.4 is 5.32 Å². The Morgan fingerprint density at radius 1 is 1.10 bits per heavy atom. The van der Waals surface area contributed by atoms with Crippen LogP contribution in [0.1, 0.15) is 62.2 Å². The second-order valence-electron chi connectivity index (χ2n) is 8.85. The van der Waals surface area contributed by atoms with Gasteiger partial charge in [0.1, 0.15) is 12.1 Å². The molecule has 7 heteroatoms. The number of rotatable bonds is 4. The Bertz CT molecular complexity index is 824. The second kappa shape index (κ2) is 8.96. The van der Waals surface area contributed by atoms with Crippen molar-refractivity contribution in [2.75, 3.05) is 13.1 Å². The summed E-state index contributed by atoms with van der Waals surface area (Å²) in [4.78, 5) is 42.9. The molecular formula is C23H30ClN3O3. The maximum absolute atomic E-state index is 13.4. The van der Waals surface area contributed by atoms with Crippen LogP contribution in [0.25, 0.3) is 0 Å². The number of hydrogen-bond donors (Lipinski definition) is 1. The Kier molecular flexibility index (Phi) is 6.32. The molecule has 0 radical (unpaired) electrons. The van der Waals surface area contributed by atoms with Gasteiger partial charge in [-0.05, 0) is 63.1 Å². The molecule has 0 unspecified atom stereocenters. The van der Waals surface area contributed by atoms with Gasteiger partial charge < -0.3 is 15.1 Å². The van der Waals surface area contributed by atoms with Crippen molar-refractivity contribution in [1.82, 2.24) is 15.1 Å². The van der Waals surface area contributed by atoms with Crippen molar-refractivity contribution in [2.24, 2.45) is 5.92 Å². The van der Waals surface area contributed by atoms with E-state index in [-0.39, 0.29) is 23.8 Å². The molecule has 4 atom stereocenters. The van der Waals surface area contributed by atoms with E-state index < -0.39 is 12.1 Å². The van der Waals surface area contributed by atoms with Crippen LogP contribution in [0.4, 0.5) is 0 Å². The van der Waals surface area contributed by atoms with Gasteiger partial charge in [0.05, 0.1) is 0 Å². The standard InChI is InChI=1S/C23H30ClN3O3/c1-15(22(29)26-11-4-5-12-26)25-21(28)20-14-16-7-2-3-10-19(16)27(20)23(30)17-8-6-9-18(24)13-17/h6,8-9,13,15-16,19-20H,2-5,7,10-12,14H2,1H3,(H,25,28)/t15-,16-,19-,20-/m0/s1. The summed E-state index contributed by atoms with van der Waals surface area (Å²) in [5.74, 6) is -0.0726. The Morgan fingerprint density at radius 2 is 1.83 bits per heavy atom. The number of nitrogens with zero attached hydrogens (tertiary/aromatic N) is 2. The first kappa shape index (κ1) is 21.2. The summed E-state index contributed by atoms with van der Waals surface area (Å²) < 4.78 is 0. The van der Waals surface area contributed by atoms with E-state index in [1.807, 2.05) is 4.90 Å². The van der Waals surface area contributed by atoms with E-state index in [0.29, 0.717) is 22.9 Å². The summed E-state index contributed by atoms with van der Waals surface area (Å²) in [6, 6.07) is 5.86. The number of amides is 3. The van der Waals surface area contributed by atoms with Gasteiger partial charge in [-0.25, -0.2) is 0 Å². The van der Waals surface area contributed by atoms with Crippen molar-refractivity contribution in [3.63, 3.8) is 0 Å². The third-order valence-corrected chi connectivity index (χ3v) is 7.08. The number of benzene rings is 1. The average molecular weight is 432 g/mol. The number of fused-ring (bicyclic) bond motifs is 1. The predicted molar refractivity (Wildman–Crippen MR) is 115 cm³/mol. The van der Waals surface area contributed by atoms with Gasteiger partial charge in [-0.15, -0.1) is 0 Å². The largest absolute Gasteiger partial charge is 0.343 e. The van der Waals surface area contributed by atoms with E-state index >= 15 is 0 Å². The first-order valence-electron chi connectivity index (χ1n) is 11.1. The molecule has 6 nitrogen and oxygen atoms in total. The summed E-state index contributed by atoms with van der Waals surface area (Å²) in [5, 5.41) is 3.41. The van der Waals surface area contributed by atoms with Crippen molar-refractivity contribution < 1.29 is 14.4 Å². The number of carbonyl (C=O) groups is 3. The van der Waals surface area contributed by atoms with E-state index in [9.17, 15) is 14.4 Å². The average Bonchev–Trinajstić information content (AvgIpc) is 3.40. The van der Waals surface area contributed by atoms with Gasteiger partial charge in [0.2, 0.25) is 11.8 Å². The summed E-state index contributed by atoms with van der Waals surface area (Å²) in [6.07, 6.45) is 6.85. The predicted octanol–water partition coefficient (Wildman–Crippen LogP) is 3.24. The van der Waals surface area contributed by atoms with Crippen LogP contribution in [-0.2, 0) is 9.59 Å². The lowest BCUT2D eigenvalue weighted by molar-refractivity contribution is -0.136. The Balaban J connectivity index is 1.52. The van der Waals surface area contributed by atoms with Crippen molar-refractivity contribution >= 4 is 29.3 Å². The molecule has 1 aliphatic carbocycles. The maximum Gasteiger partial charge on any atom is 0.254 e. The third-order valence-electron chi connectivity index (χ3n) is 6.84. The quantitative estimate of drug-likeness (QED) is 0.795. The molecule has 3 aliphatic rings. The van der Waals surface area contributed by atoms with Crippen molar-refractivity contribution in [1.29, 1.82) is 0 Å². The smallest absolute Gasteiger partial charge is 0.254 e. The highest BCUT2D eigenvalue weighted by molar-refractivity contribution is 6.31. The van der Waals surface area contributed by atoms with Crippen LogP contribution in [0.5, 0.6) is 0 Å². The van der Waals surface area contributed by atoms with Crippen LogP contribution >= 0.6 is 11.6 Å². The minimum Gasteiger partial charge on any atom is -0.343 e. The fourth-order valence-electron chi connectivity index (χ4n) is 5.34. The Labute approximate surface area is 182 Å². The molecule has 162 valence electrons. The summed E-state index contributed by atoms with van der Waals surface area (Å²) in [5.41, 5.74) is 0.507. The first-order valence-corrected chi connectivity index (χ1v) is 11.5. The van der Waals surface area contributed by atoms with Gasteiger partial charge in [0.25, 0.3) is 5.91 Å². The molecule has 1 N–H and O–H groups in total. The number of carbonyl (C=O) groups excluding carboxylic acids is 3. The fraction of sp³-hybridized carbons (Fsp3) is 0.609. The van der Waals surface area contributed by atoms with Gasteiger partial charge in [-0.2, -0.15) is 0 Å². The molecule has 30 heavy (non-hydrogen) atoms. The zero-order valence-corrected chi connectivity index (χ0v) is 18.2. The lowest BCUT2D eigenvalue weighted by Crippen LogP contribution is -2.54. The summed E-state index contributed by atoms with van der Waals surface area (Å²) in [6.45, 7) is 3.25. The normalized spacial score (nSPS) is 26.9. The minimum absolute atomic E-state index is 0.0380. The summed E-state index contributed by atoms with van der Waals surface area (Å²) in [7, 11) is 0. The SMILES string of the molecule is C[C@H](NC(=O)[C@@H]1C[C@@H]2CCCC[C@@H]2N1C(=O)c1cccc(Cl)c1)C(=O)N1CCCC1. The highest BCUT2D eigenvalue weighted by Crippen LogP contribution is 2.40. The van der Waals surface area contributed by atoms with Gasteiger partial charge in [-0.1, -0.05) is 30.5 Å².